The molecule has 4 heteroatoms. The van der Waals surface area contributed by atoms with E-state index in [1.54, 1.807) is 0 Å². The van der Waals surface area contributed by atoms with Crippen molar-refractivity contribution in [3.05, 3.63) is 17.5 Å². The number of nitrogens with zero attached hydrogens (tertiary/aromatic N) is 2. The van der Waals surface area contributed by atoms with Gasteiger partial charge in [0.05, 0.1) is 12.3 Å². The van der Waals surface area contributed by atoms with E-state index in [4.69, 9.17) is 0 Å². The lowest BCUT2D eigenvalue weighted by Gasteiger charge is -2.38. The smallest absolute Gasteiger partial charge is 0.223 e. The highest BCUT2D eigenvalue weighted by Gasteiger charge is 2.43. The van der Waals surface area contributed by atoms with Gasteiger partial charge in [-0.05, 0) is 49.5 Å². The van der Waals surface area contributed by atoms with Crippen LogP contribution in [-0.4, -0.2) is 21.1 Å². The fraction of sp³-hybridized carbons (Fsp3) is 0.750. The number of rotatable bonds is 4. The van der Waals surface area contributed by atoms with Crippen molar-refractivity contribution in [2.24, 2.45) is 5.41 Å². The fourth-order valence-corrected chi connectivity index (χ4v) is 3.60. The van der Waals surface area contributed by atoms with Crippen LogP contribution in [-0.2, 0) is 6.61 Å². The second-order valence-electron chi connectivity index (χ2n) is 6.86. The first-order valence-corrected chi connectivity index (χ1v) is 7.85. The van der Waals surface area contributed by atoms with Gasteiger partial charge in [0.25, 0.3) is 0 Å². The second kappa shape index (κ2) is 5.32. The van der Waals surface area contributed by atoms with Gasteiger partial charge in [0.1, 0.15) is 0 Å². The molecule has 0 saturated heterocycles. The minimum atomic E-state index is -0.0223. The van der Waals surface area contributed by atoms with Crippen molar-refractivity contribution in [3.63, 3.8) is 0 Å². The van der Waals surface area contributed by atoms with E-state index >= 15 is 0 Å². The van der Waals surface area contributed by atoms with Gasteiger partial charge in [-0.25, -0.2) is 9.97 Å². The molecule has 2 saturated carbocycles. The molecule has 110 valence electrons. The number of anilines is 1. The summed E-state index contributed by atoms with van der Waals surface area (Å²) in [5, 5.41) is 12.8. The molecule has 1 atom stereocenters. The Morgan fingerprint density at radius 1 is 1.35 bits per heavy atom. The third kappa shape index (κ3) is 2.66. The van der Waals surface area contributed by atoms with Crippen LogP contribution in [0.2, 0.25) is 0 Å². The van der Waals surface area contributed by atoms with Crippen LogP contribution in [0.4, 0.5) is 5.95 Å². The molecule has 0 aliphatic heterocycles. The molecule has 0 bridgehead atoms. The zero-order chi connectivity index (χ0) is 14.2. The first kappa shape index (κ1) is 13.8. The highest BCUT2D eigenvalue weighted by molar-refractivity contribution is 5.31. The van der Waals surface area contributed by atoms with Crippen molar-refractivity contribution in [2.75, 3.05) is 5.32 Å². The Bertz CT molecular complexity index is 483. The first-order valence-electron chi connectivity index (χ1n) is 7.85. The van der Waals surface area contributed by atoms with Crippen LogP contribution in [0.25, 0.3) is 0 Å². The Morgan fingerprint density at radius 2 is 2.15 bits per heavy atom. The molecule has 2 aliphatic rings. The topological polar surface area (TPSA) is 58.0 Å². The van der Waals surface area contributed by atoms with Crippen molar-refractivity contribution in [1.82, 2.24) is 9.97 Å². The lowest BCUT2D eigenvalue weighted by atomic mass is 9.67. The van der Waals surface area contributed by atoms with Crippen molar-refractivity contribution < 1.29 is 5.11 Å². The van der Waals surface area contributed by atoms with Crippen LogP contribution in [0, 0.1) is 5.41 Å². The Kier molecular flexibility index (Phi) is 3.67. The van der Waals surface area contributed by atoms with Crippen LogP contribution in [0.15, 0.2) is 6.07 Å². The van der Waals surface area contributed by atoms with E-state index in [0.29, 0.717) is 29.0 Å². The summed E-state index contributed by atoms with van der Waals surface area (Å²) in [6.45, 7) is 4.21. The number of aromatic nitrogens is 2. The van der Waals surface area contributed by atoms with E-state index in [9.17, 15) is 5.11 Å². The van der Waals surface area contributed by atoms with Crippen LogP contribution in [0.3, 0.4) is 0 Å². The molecule has 2 aliphatic carbocycles. The monoisotopic (exact) mass is 275 g/mol. The second-order valence-corrected chi connectivity index (χ2v) is 6.86. The number of aliphatic hydroxyl groups is 1. The molecule has 0 radical (unpaired) electrons. The summed E-state index contributed by atoms with van der Waals surface area (Å²) in [5.41, 5.74) is 2.35. The standard InChI is InChI=1S/C16H25N3O/c1-11(2)14-8-13(10-20)18-15(19-14)17-12-4-7-16(9-12)5-3-6-16/h8,11-12,20H,3-7,9-10H2,1-2H3,(H,17,18,19). The summed E-state index contributed by atoms with van der Waals surface area (Å²) in [5.74, 6) is 1.05. The van der Waals surface area contributed by atoms with Gasteiger partial charge >= 0.3 is 0 Å². The highest BCUT2D eigenvalue weighted by atomic mass is 16.3. The largest absolute Gasteiger partial charge is 0.390 e. The average molecular weight is 275 g/mol. The Morgan fingerprint density at radius 3 is 2.70 bits per heavy atom. The maximum Gasteiger partial charge on any atom is 0.223 e. The molecule has 0 aromatic carbocycles. The predicted molar refractivity (Wildman–Crippen MR) is 79.6 cm³/mol. The average Bonchev–Trinajstić information content (AvgIpc) is 2.82. The number of nitrogens with one attached hydrogen (secondary N) is 1. The molecule has 0 amide bonds. The van der Waals surface area contributed by atoms with Crippen LogP contribution < -0.4 is 5.32 Å². The van der Waals surface area contributed by atoms with E-state index in [2.05, 4.69) is 29.1 Å². The Labute approximate surface area is 121 Å². The lowest BCUT2D eigenvalue weighted by Crippen LogP contribution is -2.28. The van der Waals surface area contributed by atoms with Crippen LogP contribution in [0.5, 0.6) is 0 Å². The number of aliphatic hydroxyl groups excluding tert-OH is 1. The minimum Gasteiger partial charge on any atom is -0.390 e. The van der Waals surface area contributed by atoms with Crippen LogP contribution in [0.1, 0.15) is 69.7 Å². The van der Waals surface area contributed by atoms with E-state index in [-0.39, 0.29) is 6.61 Å². The number of hydrogen-bond acceptors (Lipinski definition) is 4. The molecule has 2 N–H and O–H groups in total. The maximum absolute atomic E-state index is 9.34. The van der Waals surface area contributed by atoms with E-state index in [1.165, 1.54) is 38.5 Å². The summed E-state index contributed by atoms with van der Waals surface area (Å²) in [4.78, 5) is 9.02. The molecule has 1 aromatic heterocycles. The van der Waals surface area contributed by atoms with E-state index in [1.807, 2.05) is 6.07 Å². The molecule has 4 nitrogen and oxygen atoms in total. The van der Waals surface area contributed by atoms with Crippen LogP contribution >= 0.6 is 0 Å². The van der Waals surface area contributed by atoms with Crippen molar-refractivity contribution in [3.8, 4) is 0 Å². The molecule has 1 unspecified atom stereocenters. The van der Waals surface area contributed by atoms with Gasteiger partial charge in [-0.2, -0.15) is 0 Å². The van der Waals surface area contributed by atoms with Gasteiger partial charge in [-0.3, -0.25) is 0 Å². The maximum atomic E-state index is 9.34. The van der Waals surface area contributed by atoms with Gasteiger partial charge in [-0.1, -0.05) is 20.3 Å². The third-order valence-electron chi connectivity index (χ3n) is 5.00. The van der Waals surface area contributed by atoms with Gasteiger partial charge in [0.15, 0.2) is 0 Å². The summed E-state index contributed by atoms with van der Waals surface area (Å²) >= 11 is 0. The van der Waals surface area contributed by atoms with Gasteiger partial charge in [0, 0.05) is 11.7 Å². The predicted octanol–water partition coefficient (Wildman–Crippen LogP) is 3.23. The van der Waals surface area contributed by atoms with Gasteiger partial charge in [-0.15, -0.1) is 0 Å². The lowest BCUT2D eigenvalue weighted by molar-refractivity contribution is 0.142. The molecular formula is C16H25N3O. The molecule has 3 rings (SSSR count). The SMILES string of the molecule is CC(C)c1cc(CO)nc(NC2CCC3(CCC3)C2)n1. The van der Waals surface area contributed by atoms with Crippen molar-refractivity contribution >= 4 is 5.95 Å². The van der Waals surface area contributed by atoms with Crippen molar-refractivity contribution in [2.45, 2.75) is 70.9 Å². The van der Waals surface area contributed by atoms with E-state index in [0.717, 1.165) is 5.69 Å². The minimum absolute atomic E-state index is 0.0223. The molecule has 20 heavy (non-hydrogen) atoms. The summed E-state index contributed by atoms with van der Waals surface area (Å²) in [6, 6.07) is 2.40. The molecule has 1 aromatic rings. The summed E-state index contributed by atoms with van der Waals surface area (Å²) in [7, 11) is 0. The zero-order valence-electron chi connectivity index (χ0n) is 12.5. The van der Waals surface area contributed by atoms with Gasteiger partial charge < -0.3 is 10.4 Å². The summed E-state index contributed by atoms with van der Waals surface area (Å²) in [6.07, 6.45) is 8.04. The molecule has 2 fully saturated rings. The highest BCUT2D eigenvalue weighted by Crippen LogP contribution is 2.53. The first-order chi connectivity index (χ1) is 9.60. The van der Waals surface area contributed by atoms with Gasteiger partial charge in [0.2, 0.25) is 5.95 Å². The van der Waals surface area contributed by atoms with Crippen molar-refractivity contribution in [1.29, 1.82) is 0 Å². The Balaban J connectivity index is 1.72. The molecule has 1 spiro atoms. The number of hydrogen-bond donors (Lipinski definition) is 2. The van der Waals surface area contributed by atoms with E-state index < -0.39 is 0 Å². The quantitative estimate of drug-likeness (QED) is 0.885. The normalized spacial score (nSPS) is 24.1. The molecular weight excluding hydrogens is 250 g/mol. The molecule has 1 heterocycles. The summed E-state index contributed by atoms with van der Waals surface area (Å²) < 4.78 is 0. The zero-order valence-corrected chi connectivity index (χ0v) is 12.5. The Hall–Kier alpha value is -1.16. The third-order valence-corrected chi connectivity index (χ3v) is 5.00. The fourth-order valence-electron chi connectivity index (χ4n) is 3.60.